The molecule has 2 heterocycles. The highest BCUT2D eigenvalue weighted by Crippen LogP contribution is 2.31. The summed E-state index contributed by atoms with van der Waals surface area (Å²) in [6.07, 6.45) is 0. The number of hydrogen-bond donors (Lipinski definition) is 1. The lowest BCUT2D eigenvalue weighted by molar-refractivity contribution is 0.101. The largest absolute Gasteiger partial charge is 0.295 e. The van der Waals surface area contributed by atoms with E-state index in [1.165, 1.54) is 42.5 Å². The molecule has 0 spiro atoms. The Morgan fingerprint density at radius 3 is 2.52 bits per heavy atom. The normalized spacial score (nSPS) is 11.6. The van der Waals surface area contributed by atoms with Crippen LogP contribution in [0.2, 0.25) is 0 Å². The van der Waals surface area contributed by atoms with Gasteiger partial charge in [0.1, 0.15) is 5.01 Å². The molecule has 0 aliphatic rings. The number of thiazole rings is 1. The van der Waals surface area contributed by atoms with Gasteiger partial charge in [0, 0.05) is 17.0 Å². The molecule has 0 amide bonds. The van der Waals surface area contributed by atoms with Crippen LogP contribution in [0.3, 0.4) is 0 Å². The number of ketones is 1. The number of thiophene rings is 1. The van der Waals surface area contributed by atoms with Crippen LogP contribution >= 0.6 is 22.7 Å². The number of carbonyl (C=O) groups excluding carboxylic acids is 1. The summed E-state index contributed by atoms with van der Waals surface area (Å²) in [7, 11) is -3.64. The molecule has 3 rings (SSSR count). The van der Waals surface area contributed by atoms with Crippen LogP contribution in [0.25, 0.3) is 9.88 Å². The number of rotatable bonds is 6. The molecule has 25 heavy (non-hydrogen) atoms. The highest BCUT2D eigenvalue weighted by Gasteiger charge is 2.17. The molecular formula is C17H16N2O3S3. The molecule has 0 saturated heterocycles. The minimum absolute atomic E-state index is 0.0988. The first-order valence-electron chi connectivity index (χ1n) is 7.47. The molecule has 1 aromatic carbocycles. The number of aryl methyl sites for hydroxylation is 1. The topological polar surface area (TPSA) is 76.1 Å². The maximum absolute atomic E-state index is 12.4. The van der Waals surface area contributed by atoms with Gasteiger partial charge in [0.25, 0.3) is 0 Å². The Balaban J connectivity index is 1.75. The fraction of sp³-hybridized carbons (Fsp3) is 0.176. The molecule has 130 valence electrons. The lowest BCUT2D eigenvalue weighted by Gasteiger charge is -2.06. The number of nitrogens with zero attached hydrogens (tertiary/aromatic N) is 1. The van der Waals surface area contributed by atoms with Crippen LogP contribution in [0.1, 0.15) is 27.9 Å². The molecule has 0 unspecified atom stereocenters. The monoisotopic (exact) mass is 392 g/mol. The van der Waals surface area contributed by atoms with Gasteiger partial charge >= 0.3 is 0 Å². The molecular weight excluding hydrogens is 376 g/mol. The zero-order chi connectivity index (χ0) is 18.0. The van der Waals surface area contributed by atoms with Crippen LogP contribution in [0.4, 0.5) is 0 Å². The van der Waals surface area contributed by atoms with Gasteiger partial charge in [-0.1, -0.05) is 18.2 Å². The van der Waals surface area contributed by atoms with Crippen LogP contribution in [-0.4, -0.2) is 19.2 Å². The van der Waals surface area contributed by atoms with Gasteiger partial charge in [-0.3, -0.25) is 4.79 Å². The van der Waals surface area contributed by atoms with Crippen molar-refractivity contribution in [3.8, 4) is 9.88 Å². The maximum Gasteiger partial charge on any atom is 0.240 e. The highest BCUT2D eigenvalue weighted by atomic mass is 32.2. The van der Waals surface area contributed by atoms with E-state index in [1.54, 1.807) is 11.3 Å². The van der Waals surface area contributed by atoms with Crippen molar-refractivity contribution >= 4 is 38.5 Å². The number of carbonyl (C=O) groups is 1. The third-order valence-corrected chi connectivity index (χ3v) is 7.23. The van der Waals surface area contributed by atoms with E-state index in [-0.39, 0.29) is 17.2 Å². The molecule has 0 aliphatic carbocycles. The molecule has 5 nitrogen and oxygen atoms in total. The fourth-order valence-corrected chi connectivity index (χ4v) is 5.10. The Hall–Kier alpha value is -1.87. The molecule has 0 fully saturated rings. The molecule has 1 N–H and O–H groups in total. The van der Waals surface area contributed by atoms with Crippen LogP contribution in [0, 0.1) is 6.92 Å². The summed E-state index contributed by atoms with van der Waals surface area (Å²) >= 11 is 3.09. The minimum Gasteiger partial charge on any atom is -0.295 e. The predicted molar refractivity (Wildman–Crippen MR) is 101 cm³/mol. The van der Waals surface area contributed by atoms with Crippen LogP contribution in [0.5, 0.6) is 0 Å². The Morgan fingerprint density at radius 2 is 1.92 bits per heavy atom. The first-order chi connectivity index (χ1) is 11.9. The standard InChI is InChI=1S/C17H16N2O3S3/c1-11-16(24-17(19-11)15-4-3-9-23-15)10-18-25(21,22)14-7-5-13(6-8-14)12(2)20/h3-9,18H,10H2,1-2H3. The summed E-state index contributed by atoms with van der Waals surface area (Å²) in [6.45, 7) is 3.50. The maximum atomic E-state index is 12.4. The van der Waals surface area contributed by atoms with Gasteiger partial charge in [-0.25, -0.2) is 18.1 Å². The van der Waals surface area contributed by atoms with Crippen LogP contribution in [-0.2, 0) is 16.6 Å². The van der Waals surface area contributed by atoms with Gasteiger partial charge in [-0.05, 0) is 37.4 Å². The smallest absolute Gasteiger partial charge is 0.240 e. The number of nitrogens with one attached hydrogen (secondary N) is 1. The van der Waals surface area contributed by atoms with E-state index < -0.39 is 10.0 Å². The van der Waals surface area contributed by atoms with Gasteiger partial charge in [0.05, 0.1) is 15.5 Å². The number of benzene rings is 1. The molecule has 0 atom stereocenters. The van der Waals surface area contributed by atoms with E-state index in [9.17, 15) is 13.2 Å². The summed E-state index contributed by atoms with van der Waals surface area (Å²) in [5, 5.41) is 2.88. The summed E-state index contributed by atoms with van der Waals surface area (Å²) in [4.78, 5) is 17.9. The average Bonchev–Trinajstić information content (AvgIpc) is 3.23. The number of hydrogen-bond acceptors (Lipinski definition) is 6. The minimum atomic E-state index is -3.64. The Morgan fingerprint density at radius 1 is 1.20 bits per heavy atom. The van der Waals surface area contributed by atoms with Gasteiger partial charge in [-0.15, -0.1) is 22.7 Å². The third-order valence-electron chi connectivity index (χ3n) is 3.62. The lowest BCUT2D eigenvalue weighted by Crippen LogP contribution is -2.23. The van der Waals surface area contributed by atoms with E-state index >= 15 is 0 Å². The van der Waals surface area contributed by atoms with Crippen molar-refractivity contribution in [2.45, 2.75) is 25.3 Å². The Bertz CT molecular complexity index is 988. The van der Waals surface area contributed by atoms with Gasteiger partial charge < -0.3 is 0 Å². The van der Waals surface area contributed by atoms with Crippen LogP contribution in [0.15, 0.2) is 46.7 Å². The lowest BCUT2D eigenvalue weighted by atomic mass is 10.2. The van der Waals surface area contributed by atoms with Crippen molar-refractivity contribution in [1.82, 2.24) is 9.71 Å². The van der Waals surface area contributed by atoms with E-state index in [1.807, 2.05) is 24.4 Å². The van der Waals surface area contributed by atoms with E-state index in [0.717, 1.165) is 20.5 Å². The zero-order valence-electron chi connectivity index (χ0n) is 13.6. The van der Waals surface area contributed by atoms with Gasteiger partial charge in [-0.2, -0.15) is 0 Å². The highest BCUT2D eigenvalue weighted by molar-refractivity contribution is 7.89. The van der Waals surface area contributed by atoms with E-state index in [4.69, 9.17) is 0 Å². The van der Waals surface area contributed by atoms with Crippen molar-refractivity contribution in [1.29, 1.82) is 0 Å². The van der Waals surface area contributed by atoms with E-state index in [0.29, 0.717) is 5.56 Å². The third kappa shape index (κ3) is 4.04. The molecule has 0 aliphatic heterocycles. The summed E-state index contributed by atoms with van der Waals surface area (Å²) < 4.78 is 27.4. The first kappa shape index (κ1) is 17.9. The quantitative estimate of drug-likeness (QED) is 0.646. The Kier molecular flexibility index (Phi) is 5.14. The van der Waals surface area contributed by atoms with Crippen molar-refractivity contribution < 1.29 is 13.2 Å². The van der Waals surface area contributed by atoms with E-state index in [2.05, 4.69) is 9.71 Å². The van der Waals surface area contributed by atoms with Crippen molar-refractivity contribution in [3.63, 3.8) is 0 Å². The van der Waals surface area contributed by atoms with Crippen LogP contribution < -0.4 is 4.72 Å². The molecule has 8 heteroatoms. The molecule has 2 aromatic heterocycles. The zero-order valence-corrected chi connectivity index (χ0v) is 16.1. The second-order valence-electron chi connectivity index (χ2n) is 5.41. The van der Waals surface area contributed by atoms with Crippen molar-refractivity contribution in [2.24, 2.45) is 0 Å². The Labute approximate surface area is 154 Å². The SMILES string of the molecule is CC(=O)c1ccc(S(=O)(=O)NCc2sc(-c3cccs3)nc2C)cc1. The first-order valence-corrected chi connectivity index (χ1v) is 10.7. The number of aromatic nitrogens is 1. The molecule has 0 bridgehead atoms. The number of Topliss-reactive ketones (excluding diaryl/α,β-unsaturated/α-hetero) is 1. The fourth-order valence-electron chi connectivity index (χ4n) is 2.21. The second-order valence-corrected chi connectivity index (χ2v) is 9.21. The van der Waals surface area contributed by atoms with Gasteiger partial charge in [0.15, 0.2) is 5.78 Å². The summed E-state index contributed by atoms with van der Waals surface area (Å²) in [5.41, 5.74) is 1.31. The summed E-state index contributed by atoms with van der Waals surface area (Å²) in [6, 6.07) is 9.87. The van der Waals surface area contributed by atoms with Crippen molar-refractivity contribution in [2.75, 3.05) is 0 Å². The van der Waals surface area contributed by atoms with Gasteiger partial charge in [0.2, 0.25) is 10.0 Å². The average molecular weight is 393 g/mol. The molecule has 0 saturated carbocycles. The molecule has 3 aromatic rings. The number of sulfonamides is 1. The summed E-state index contributed by atoms with van der Waals surface area (Å²) in [5.74, 6) is -0.0988. The molecule has 0 radical (unpaired) electrons. The second kappa shape index (κ2) is 7.17. The predicted octanol–water partition coefficient (Wildman–Crippen LogP) is 3.86. The van der Waals surface area contributed by atoms with Crippen molar-refractivity contribution in [3.05, 3.63) is 57.9 Å².